The zero-order valence-electron chi connectivity index (χ0n) is 17.8. The van der Waals surface area contributed by atoms with Gasteiger partial charge in [-0.3, -0.25) is 4.79 Å². The molecule has 3 heteroatoms. The van der Waals surface area contributed by atoms with Gasteiger partial charge in [0.05, 0.1) is 0 Å². The predicted molar refractivity (Wildman–Crippen MR) is 128 cm³/mol. The third kappa shape index (κ3) is 4.27. The zero-order valence-corrected chi connectivity index (χ0v) is 17.8. The summed E-state index contributed by atoms with van der Waals surface area (Å²) < 4.78 is 0. The highest BCUT2D eigenvalue weighted by Gasteiger charge is 2.19. The molecule has 5 rings (SSSR count). The third-order valence-corrected chi connectivity index (χ3v) is 6.47. The summed E-state index contributed by atoms with van der Waals surface area (Å²) >= 11 is 0. The van der Waals surface area contributed by atoms with Crippen molar-refractivity contribution in [2.45, 2.75) is 32.1 Å². The SMILES string of the molecule is O=C1C/C(=C\C=C\N2CCc3ccccc32)CC/C1=C\C=C\N1CCc2ccccc21. The number of carbonyl (C=O) groups excluding carboxylic acids is 1. The summed E-state index contributed by atoms with van der Waals surface area (Å²) in [5, 5.41) is 0. The second kappa shape index (κ2) is 8.81. The van der Waals surface area contributed by atoms with Crippen molar-refractivity contribution in [2.24, 2.45) is 0 Å². The lowest BCUT2D eigenvalue weighted by Crippen LogP contribution is -2.13. The van der Waals surface area contributed by atoms with Gasteiger partial charge >= 0.3 is 0 Å². The molecular weight excluding hydrogens is 380 g/mol. The third-order valence-electron chi connectivity index (χ3n) is 6.47. The van der Waals surface area contributed by atoms with Crippen LogP contribution in [0.15, 0.2) is 96.4 Å². The quantitative estimate of drug-likeness (QED) is 0.602. The molecule has 0 radical (unpaired) electrons. The first kappa shape index (κ1) is 19.6. The van der Waals surface area contributed by atoms with Crippen molar-refractivity contribution < 1.29 is 4.79 Å². The van der Waals surface area contributed by atoms with Gasteiger partial charge in [0.15, 0.2) is 5.78 Å². The summed E-state index contributed by atoms with van der Waals surface area (Å²) in [6.07, 6.45) is 17.0. The Labute approximate surface area is 184 Å². The zero-order chi connectivity index (χ0) is 21.0. The van der Waals surface area contributed by atoms with E-state index in [9.17, 15) is 4.79 Å². The van der Waals surface area contributed by atoms with Crippen LogP contribution < -0.4 is 9.80 Å². The van der Waals surface area contributed by atoms with Gasteiger partial charge in [-0.05, 0) is 66.7 Å². The van der Waals surface area contributed by atoms with Crippen LogP contribution >= 0.6 is 0 Å². The topological polar surface area (TPSA) is 23.6 Å². The molecule has 0 bridgehead atoms. The molecule has 1 aliphatic carbocycles. The molecule has 1 saturated carbocycles. The second-order valence-electron chi connectivity index (χ2n) is 8.44. The fourth-order valence-electron chi connectivity index (χ4n) is 4.74. The average Bonchev–Trinajstić information content (AvgIpc) is 3.40. The van der Waals surface area contributed by atoms with E-state index < -0.39 is 0 Å². The normalized spacial score (nSPS) is 21.1. The number of nitrogens with zero attached hydrogens (tertiary/aromatic N) is 2. The van der Waals surface area contributed by atoms with E-state index in [0.717, 1.165) is 44.3 Å². The van der Waals surface area contributed by atoms with Gasteiger partial charge in [-0.15, -0.1) is 0 Å². The van der Waals surface area contributed by atoms with Gasteiger partial charge in [0.1, 0.15) is 0 Å². The number of hydrogen-bond acceptors (Lipinski definition) is 3. The first-order chi connectivity index (χ1) is 15.3. The summed E-state index contributed by atoms with van der Waals surface area (Å²) in [5.74, 6) is 0.254. The van der Waals surface area contributed by atoms with Gasteiger partial charge in [0.2, 0.25) is 0 Å². The molecular formula is C28H28N2O. The maximum absolute atomic E-state index is 12.6. The number of benzene rings is 2. The number of allylic oxidation sites excluding steroid dienone is 6. The van der Waals surface area contributed by atoms with E-state index in [0.29, 0.717) is 6.42 Å². The van der Waals surface area contributed by atoms with Crippen molar-refractivity contribution in [2.75, 3.05) is 22.9 Å². The number of hydrogen-bond donors (Lipinski definition) is 0. The van der Waals surface area contributed by atoms with Crippen LogP contribution in [0, 0.1) is 0 Å². The molecule has 0 unspecified atom stereocenters. The number of ketones is 1. The highest BCUT2D eigenvalue weighted by atomic mass is 16.1. The molecule has 1 fully saturated rings. The number of rotatable bonds is 4. The van der Waals surface area contributed by atoms with Crippen molar-refractivity contribution in [3.63, 3.8) is 0 Å². The molecule has 0 N–H and O–H groups in total. The Morgan fingerprint density at radius 3 is 1.87 bits per heavy atom. The Morgan fingerprint density at radius 1 is 0.677 bits per heavy atom. The lowest BCUT2D eigenvalue weighted by molar-refractivity contribution is -0.115. The van der Waals surface area contributed by atoms with Gasteiger partial charge in [0, 0.05) is 43.3 Å². The molecule has 0 spiro atoms. The Balaban J connectivity index is 1.18. The summed E-state index contributed by atoms with van der Waals surface area (Å²) in [6, 6.07) is 17.1. The molecule has 0 amide bonds. The van der Waals surface area contributed by atoms with Crippen LogP contribution in [0.1, 0.15) is 30.4 Å². The molecule has 0 atom stereocenters. The van der Waals surface area contributed by atoms with Crippen LogP contribution in [0.5, 0.6) is 0 Å². The van der Waals surface area contributed by atoms with Crippen LogP contribution in [0.4, 0.5) is 11.4 Å². The van der Waals surface area contributed by atoms with Gasteiger partial charge in [-0.2, -0.15) is 0 Å². The lowest BCUT2D eigenvalue weighted by atomic mass is 9.89. The first-order valence-corrected chi connectivity index (χ1v) is 11.2. The van der Waals surface area contributed by atoms with Crippen molar-refractivity contribution in [1.82, 2.24) is 0 Å². The molecule has 3 nitrogen and oxygen atoms in total. The van der Waals surface area contributed by atoms with Gasteiger partial charge in [-0.25, -0.2) is 0 Å². The van der Waals surface area contributed by atoms with Crippen molar-refractivity contribution >= 4 is 17.2 Å². The average molecular weight is 409 g/mol. The summed E-state index contributed by atoms with van der Waals surface area (Å²) in [6.45, 7) is 2.03. The lowest BCUT2D eigenvalue weighted by Gasteiger charge is -2.17. The van der Waals surface area contributed by atoms with E-state index in [1.54, 1.807) is 0 Å². The molecule has 2 aromatic carbocycles. The summed E-state index contributed by atoms with van der Waals surface area (Å²) in [4.78, 5) is 17.2. The van der Waals surface area contributed by atoms with E-state index in [1.807, 2.05) is 12.2 Å². The van der Waals surface area contributed by atoms with Crippen LogP contribution in [-0.2, 0) is 17.6 Å². The number of fused-ring (bicyclic) bond motifs is 2. The largest absolute Gasteiger partial charge is 0.347 e. The van der Waals surface area contributed by atoms with Gasteiger partial charge in [-0.1, -0.05) is 54.1 Å². The van der Waals surface area contributed by atoms with E-state index in [4.69, 9.17) is 0 Å². The van der Waals surface area contributed by atoms with E-state index >= 15 is 0 Å². The minimum absolute atomic E-state index is 0.254. The standard InChI is InChI=1S/C28H28N2O/c31-28-21-22(7-5-17-29-19-15-23-8-1-3-11-26(23)29)13-14-25(28)10-6-18-30-20-16-24-9-2-4-12-27(24)30/h1-12,17-18H,13-16,19-21H2/b17-5+,18-6+,22-7-,25-10+. The molecule has 31 heavy (non-hydrogen) atoms. The molecule has 156 valence electrons. The van der Waals surface area contributed by atoms with E-state index in [-0.39, 0.29) is 5.78 Å². The molecule has 3 aliphatic rings. The Bertz CT molecular complexity index is 1110. The van der Waals surface area contributed by atoms with Crippen molar-refractivity contribution in [3.8, 4) is 0 Å². The van der Waals surface area contributed by atoms with Crippen molar-refractivity contribution in [1.29, 1.82) is 0 Å². The summed E-state index contributed by atoms with van der Waals surface area (Å²) in [5.41, 5.74) is 7.56. The highest BCUT2D eigenvalue weighted by molar-refractivity contribution is 5.98. The Morgan fingerprint density at radius 2 is 1.26 bits per heavy atom. The summed E-state index contributed by atoms with van der Waals surface area (Å²) in [7, 11) is 0. The molecule has 2 heterocycles. The molecule has 0 saturated heterocycles. The molecule has 2 aromatic rings. The molecule has 0 aromatic heterocycles. The fourth-order valence-corrected chi connectivity index (χ4v) is 4.74. The monoisotopic (exact) mass is 408 g/mol. The van der Waals surface area contributed by atoms with E-state index in [1.165, 1.54) is 28.1 Å². The maximum atomic E-state index is 12.6. The van der Waals surface area contributed by atoms with Gasteiger partial charge in [0.25, 0.3) is 0 Å². The number of carbonyl (C=O) groups is 1. The maximum Gasteiger partial charge on any atom is 0.162 e. The second-order valence-corrected chi connectivity index (χ2v) is 8.44. The minimum atomic E-state index is 0.254. The Hall–Kier alpha value is -3.33. The minimum Gasteiger partial charge on any atom is -0.347 e. The Kier molecular flexibility index (Phi) is 5.57. The van der Waals surface area contributed by atoms with Crippen LogP contribution in [-0.4, -0.2) is 18.9 Å². The first-order valence-electron chi connectivity index (χ1n) is 11.2. The van der Waals surface area contributed by atoms with Crippen LogP contribution in [0.25, 0.3) is 0 Å². The van der Waals surface area contributed by atoms with Crippen LogP contribution in [0.2, 0.25) is 0 Å². The van der Waals surface area contributed by atoms with E-state index in [2.05, 4.69) is 82.9 Å². The smallest absolute Gasteiger partial charge is 0.162 e. The predicted octanol–water partition coefficient (Wildman–Crippen LogP) is 5.75. The highest BCUT2D eigenvalue weighted by Crippen LogP contribution is 2.29. The van der Waals surface area contributed by atoms with Gasteiger partial charge < -0.3 is 9.80 Å². The van der Waals surface area contributed by atoms with Crippen LogP contribution in [0.3, 0.4) is 0 Å². The van der Waals surface area contributed by atoms with Crippen molar-refractivity contribution in [3.05, 3.63) is 108 Å². The number of anilines is 2. The number of para-hydroxylation sites is 2. The molecule has 2 aliphatic heterocycles. The number of Topliss-reactive ketones (excluding diaryl/α,β-unsaturated/α-hetero) is 1. The fraction of sp³-hybridized carbons (Fsp3) is 0.250.